The van der Waals surface area contributed by atoms with E-state index in [4.69, 9.17) is 9.84 Å². The number of rotatable bonds is 6. The Kier molecular flexibility index (Phi) is 4.98. The van der Waals surface area contributed by atoms with Crippen LogP contribution in [0, 0.1) is 6.07 Å². The first-order valence-corrected chi connectivity index (χ1v) is 4.34. The Labute approximate surface area is 78.3 Å². The summed E-state index contributed by atoms with van der Waals surface area (Å²) in [5.41, 5.74) is 0. The third-order valence-corrected chi connectivity index (χ3v) is 1.52. The summed E-state index contributed by atoms with van der Waals surface area (Å²) in [4.78, 5) is 0. The van der Waals surface area contributed by atoms with E-state index in [1.807, 2.05) is 24.3 Å². The first-order valence-electron chi connectivity index (χ1n) is 4.34. The van der Waals surface area contributed by atoms with Gasteiger partial charge < -0.3 is 15.2 Å². The Morgan fingerprint density at radius 3 is 2.77 bits per heavy atom. The Bertz CT molecular complexity index is 213. The van der Waals surface area contributed by atoms with Crippen LogP contribution >= 0.6 is 0 Å². The SMILES string of the molecule is OCCNCCOc1cc[c]cc1. The van der Waals surface area contributed by atoms with Crippen LogP contribution in [0.2, 0.25) is 0 Å². The number of aliphatic hydroxyl groups excluding tert-OH is 1. The van der Waals surface area contributed by atoms with Crippen molar-refractivity contribution in [2.24, 2.45) is 0 Å². The molecular formula is C10H14NO2. The van der Waals surface area contributed by atoms with E-state index in [1.54, 1.807) is 0 Å². The predicted octanol–water partition coefficient (Wildman–Crippen LogP) is 0.447. The largest absolute Gasteiger partial charge is 0.492 e. The summed E-state index contributed by atoms with van der Waals surface area (Å²) in [5, 5.41) is 11.5. The second-order valence-electron chi connectivity index (χ2n) is 2.56. The predicted molar refractivity (Wildman–Crippen MR) is 50.7 cm³/mol. The third-order valence-electron chi connectivity index (χ3n) is 1.52. The molecular weight excluding hydrogens is 166 g/mol. The molecule has 0 fully saturated rings. The molecule has 3 nitrogen and oxygen atoms in total. The fraction of sp³-hybridized carbons (Fsp3) is 0.400. The number of aliphatic hydroxyl groups is 1. The van der Waals surface area contributed by atoms with E-state index in [0.29, 0.717) is 13.2 Å². The van der Waals surface area contributed by atoms with Gasteiger partial charge in [-0.15, -0.1) is 0 Å². The summed E-state index contributed by atoms with van der Waals surface area (Å²) in [5.74, 6) is 0.851. The zero-order chi connectivity index (χ0) is 9.36. The molecule has 0 heterocycles. The van der Waals surface area contributed by atoms with Crippen LogP contribution < -0.4 is 10.1 Å². The molecule has 71 valence electrons. The van der Waals surface area contributed by atoms with E-state index >= 15 is 0 Å². The number of hydrogen-bond acceptors (Lipinski definition) is 3. The first kappa shape index (κ1) is 10.0. The normalized spacial score (nSPS) is 9.92. The van der Waals surface area contributed by atoms with E-state index < -0.39 is 0 Å². The molecule has 2 N–H and O–H groups in total. The standard InChI is InChI=1S/C10H14NO2/c12-8-6-11-7-9-13-10-4-2-1-3-5-10/h2-5,11-12H,6-9H2. The van der Waals surface area contributed by atoms with Crippen molar-refractivity contribution in [3.63, 3.8) is 0 Å². The monoisotopic (exact) mass is 180 g/mol. The molecule has 0 aromatic heterocycles. The molecule has 0 spiro atoms. The van der Waals surface area contributed by atoms with Gasteiger partial charge in [0.15, 0.2) is 0 Å². The van der Waals surface area contributed by atoms with Crippen molar-refractivity contribution in [2.75, 3.05) is 26.3 Å². The molecule has 1 aromatic rings. The van der Waals surface area contributed by atoms with Crippen LogP contribution in [-0.2, 0) is 0 Å². The van der Waals surface area contributed by atoms with E-state index in [0.717, 1.165) is 12.3 Å². The van der Waals surface area contributed by atoms with Gasteiger partial charge in [-0.2, -0.15) is 0 Å². The average molecular weight is 180 g/mol. The quantitative estimate of drug-likeness (QED) is 0.624. The van der Waals surface area contributed by atoms with Gasteiger partial charge in [-0.25, -0.2) is 0 Å². The lowest BCUT2D eigenvalue weighted by atomic mass is 10.3. The minimum atomic E-state index is 0.167. The number of ether oxygens (including phenoxy) is 1. The van der Waals surface area contributed by atoms with Gasteiger partial charge >= 0.3 is 0 Å². The molecule has 0 unspecified atom stereocenters. The second-order valence-corrected chi connectivity index (χ2v) is 2.56. The van der Waals surface area contributed by atoms with Gasteiger partial charge in [-0.3, -0.25) is 0 Å². The smallest absolute Gasteiger partial charge is 0.119 e. The van der Waals surface area contributed by atoms with Crippen LogP contribution in [0.3, 0.4) is 0 Å². The fourth-order valence-corrected chi connectivity index (χ4v) is 0.913. The van der Waals surface area contributed by atoms with Crippen LogP contribution in [0.15, 0.2) is 24.3 Å². The Hall–Kier alpha value is -1.06. The van der Waals surface area contributed by atoms with Crippen molar-refractivity contribution in [3.8, 4) is 5.75 Å². The van der Waals surface area contributed by atoms with E-state index in [2.05, 4.69) is 11.4 Å². The number of benzene rings is 1. The van der Waals surface area contributed by atoms with Crippen molar-refractivity contribution < 1.29 is 9.84 Å². The van der Waals surface area contributed by atoms with Crippen molar-refractivity contribution >= 4 is 0 Å². The minimum Gasteiger partial charge on any atom is -0.492 e. The highest BCUT2D eigenvalue weighted by molar-refractivity contribution is 5.20. The summed E-state index contributed by atoms with van der Waals surface area (Å²) in [6, 6.07) is 10.3. The Morgan fingerprint density at radius 1 is 1.31 bits per heavy atom. The van der Waals surface area contributed by atoms with Gasteiger partial charge in [-0.05, 0) is 18.2 Å². The van der Waals surface area contributed by atoms with Crippen molar-refractivity contribution in [1.29, 1.82) is 0 Å². The van der Waals surface area contributed by atoms with E-state index in [1.165, 1.54) is 0 Å². The Balaban J connectivity index is 2.07. The van der Waals surface area contributed by atoms with Crippen molar-refractivity contribution in [1.82, 2.24) is 5.32 Å². The molecule has 1 radical (unpaired) electrons. The van der Waals surface area contributed by atoms with E-state index in [-0.39, 0.29) is 6.61 Å². The lowest BCUT2D eigenvalue weighted by molar-refractivity contribution is 0.276. The zero-order valence-electron chi connectivity index (χ0n) is 7.49. The van der Waals surface area contributed by atoms with Gasteiger partial charge in [0.2, 0.25) is 0 Å². The van der Waals surface area contributed by atoms with Crippen LogP contribution in [0.5, 0.6) is 5.75 Å². The van der Waals surface area contributed by atoms with Gasteiger partial charge in [0.05, 0.1) is 6.61 Å². The molecule has 0 atom stereocenters. The molecule has 0 bridgehead atoms. The van der Waals surface area contributed by atoms with Gasteiger partial charge in [0, 0.05) is 13.1 Å². The molecule has 0 aliphatic rings. The van der Waals surface area contributed by atoms with E-state index in [9.17, 15) is 0 Å². The van der Waals surface area contributed by atoms with Crippen molar-refractivity contribution in [3.05, 3.63) is 30.3 Å². The van der Waals surface area contributed by atoms with Gasteiger partial charge in [0.1, 0.15) is 12.4 Å². The molecule has 1 rings (SSSR count). The number of nitrogens with one attached hydrogen (secondary N) is 1. The summed E-state index contributed by atoms with van der Waals surface area (Å²) >= 11 is 0. The van der Waals surface area contributed by atoms with Gasteiger partial charge in [0.25, 0.3) is 0 Å². The molecule has 0 aliphatic heterocycles. The van der Waals surface area contributed by atoms with Crippen LogP contribution in [0.4, 0.5) is 0 Å². The molecule has 1 aromatic carbocycles. The van der Waals surface area contributed by atoms with Crippen LogP contribution in [0.25, 0.3) is 0 Å². The Morgan fingerprint density at radius 2 is 2.08 bits per heavy atom. The maximum atomic E-state index is 8.48. The molecule has 0 aliphatic carbocycles. The maximum absolute atomic E-state index is 8.48. The van der Waals surface area contributed by atoms with Gasteiger partial charge in [-0.1, -0.05) is 12.1 Å². The summed E-state index contributed by atoms with van der Waals surface area (Å²) in [7, 11) is 0. The highest BCUT2D eigenvalue weighted by Gasteiger charge is 1.90. The first-order chi connectivity index (χ1) is 6.43. The molecule has 13 heavy (non-hydrogen) atoms. The lowest BCUT2D eigenvalue weighted by Gasteiger charge is -2.05. The molecule has 0 saturated carbocycles. The summed E-state index contributed by atoms with van der Waals surface area (Å²) in [6.45, 7) is 2.15. The zero-order valence-corrected chi connectivity index (χ0v) is 7.49. The topological polar surface area (TPSA) is 41.5 Å². The third kappa shape index (κ3) is 4.50. The highest BCUT2D eigenvalue weighted by atomic mass is 16.5. The number of hydrogen-bond donors (Lipinski definition) is 2. The average Bonchev–Trinajstić information content (AvgIpc) is 2.19. The summed E-state index contributed by atoms with van der Waals surface area (Å²) in [6.07, 6.45) is 0. The highest BCUT2D eigenvalue weighted by Crippen LogP contribution is 2.06. The molecule has 0 saturated heterocycles. The maximum Gasteiger partial charge on any atom is 0.119 e. The van der Waals surface area contributed by atoms with Crippen LogP contribution in [-0.4, -0.2) is 31.4 Å². The molecule has 3 heteroatoms. The lowest BCUT2D eigenvalue weighted by Crippen LogP contribution is -2.23. The molecule has 0 amide bonds. The summed E-state index contributed by atoms with van der Waals surface area (Å²) < 4.78 is 5.39. The second kappa shape index (κ2) is 6.46. The van der Waals surface area contributed by atoms with Crippen molar-refractivity contribution in [2.45, 2.75) is 0 Å². The minimum absolute atomic E-state index is 0.167. The van der Waals surface area contributed by atoms with Crippen LogP contribution in [0.1, 0.15) is 0 Å². The fourth-order valence-electron chi connectivity index (χ4n) is 0.913.